The Morgan fingerprint density at radius 2 is 1.74 bits per heavy atom. The van der Waals surface area contributed by atoms with Gasteiger partial charge in [0.05, 0.1) is 12.6 Å². The van der Waals surface area contributed by atoms with Crippen LogP contribution in [0.15, 0.2) is 36.4 Å². The number of amides is 1. The van der Waals surface area contributed by atoms with E-state index in [4.69, 9.17) is 23.2 Å². The van der Waals surface area contributed by atoms with E-state index < -0.39 is 6.04 Å². The number of aryl methyl sites for hydroxylation is 2. The second kappa shape index (κ2) is 8.13. The lowest BCUT2D eigenvalue weighted by Gasteiger charge is -2.30. The van der Waals surface area contributed by atoms with Gasteiger partial charge in [-0.15, -0.1) is 0 Å². The van der Waals surface area contributed by atoms with Gasteiger partial charge in [-0.1, -0.05) is 49.2 Å². The number of carbonyl (C=O) groups excluding carboxylic acids is 2. The summed E-state index contributed by atoms with van der Waals surface area (Å²) < 4.78 is 1.65. The van der Waals surface area contributed by atoms with Gasteiger partial charge in [0, 0.05) is 27.0 Å². The Hall–Kier alpha value is -2.63. The molecule has 1 amide bonds. The highest BCUT2D eigenvalue weighted by Crippen LogP contribution is 2.46. The van der Waals surface area contributed by atoms with E-state index in [-0.39, 0.29) is 18.4 Å². The Labute approximate surface area is 191 Å². The predicted molar refractivity (Wildman–Crippen MR) is 123 cm³/mol. The fourth-order valence-corrected chi connectivity index (χ4v) is 4.82. The summed E-state index contributed by atoms with van der Waals surface area (Å²) in [5, 5.41) is 5.76. The van der Waals surface area contributed by atoms with Crippen molar-refractivity contribution in [1.29, 1.82) is 0 Å². The van der Waals surface area contributed by atoms with E-state index in [1.165, 1.54) is 0 Å². The Kier molecular flexibility index (Phi) is 5.67. The van der Waals surface area contributed by atoms with Crippen LogP contribution in [-0.4, -0.2) is 22.0 Å². The maximum absolute atomic E-state index is 13.7. The fraction of sp³-hybridized carbons (Fsp3) is 0.292. The molecule has 3 aromatic rings. The molecule has 4 rings (SSSR count). The zero-order valence-electron chi connectivity index (χ0n) is 17.8. The molecule has 1 aromatic heterocycles. The monoisotopic (exact) mass is 455 g/mol. The van der Waals surface area contributed by atoms with Crippen molar-refractivity contribution in [2.45, 2.75) is 46.2 Å². The van der Waals surface area contributed by atoms with Crippen LogP contribution < -0.4 is 4.90 Å². The first-order chi connectivity index (χ1) is 14.7. The third kappa shape index (κ3) is 3.56. The van der Waals surface area contributed by atoms with E-state index in [9.17, 15) is 9.59 Å². The minimum absolute atomic E-state index is 0.0690. The molecule has 0 radical (unpaired) electrons. The number of hydrogen-bond donors (Lipinski definition) is 0. The Morgan fingerprint density at radius 1 is 1.06 bits per heavy atom. The van der Waals surface area contributed by atoms with Crippen LogP contribution in [0.25, 0.3) is 0 Å². The van der Waals surface area contributed by atoms with E-state index in [0.29, 0.717) is 15.7 Å². The summed E-state index contributed by atoms with van der Waals surface area (Å²) >= 11 is 12.5. The largest absolute Gasteiger partial charge is 0.301 e. The number of carbonyl (C=O) groups is 2. The number of aldehydes is 1. The topological polar surface area (TPSA) is 55.2 Å². The zero-order chi connectivity index (χ0) is 22.4. The van der Waals surface area contributed by atoms with Crippen molar-refractivity contribution in [3.63, 3.8) is 0 Å². The molecule has 0 aliphatic carbocycles. The third-order valence-corrected chi connectivity index (χ3v) is 6.20. The highest BCUT2D eigenvalue weighted by Gasteiger charge is 2.45. The standard InChI is InChI=1S/C24H23Cl2N3O2/c1-13(2)22-20-21(27-28(22)9-10-30)24(31)29(19-12-17(26)6-5-14(19)3)23(20)18-8-7-16(25)11-15(18)4/h5-8,10-13,23H,9H2,1-4H3. The minimum Gasteiger partial charge on any atom is -0.301 e. The maximum atomic E-state index is 13.7. The highest BCUT2D eigenvalue weighted by atomic mass is 35.5. The second-order valence-electron chi connectivity index (χ2n) is 8.16. The Morgan fingerprint density at radius 3 is 2.39 bits per heavy atom. The number of anilines is 1. The maximum Gasteiger partial charge on any atom is 0.280 e. The molecular weight excluding hydrogens is 433 g/mol. The van der Waals surface area contributed by atoms with Gasteiger partial charge in [-0.2, -0.15) is 5.10 Å². The van der Waals surface area contributed by atoms with Crippen LogP contribution >= 0.6 is 23.2 Å². The summed E-state index contributed by atoms with van der Waals surface area (Å²) in [5.74, 6) is -0.134. The summed E-state index contributed by atoms with van der Waals surface area (Å²) in [6.45, 7) is 8.13. The number of halogens is 2. The van der Waals surface area contributed by atoms with Gasteiger partial charge < -0.3 is 4.79 Å². The number of fused-ring (bicyclic) bond motifs is 1. The average Bonchev–Trinajstić information content (AvgIpc) is 3.19. The van der Waals surface area contributed by atoms with E-state index in [0.717, 1.165) is 39.9 Å². The number of aromatic nitrogens is 2. The summed E-state index contributed by atoms with van der Waals surface area (Å²) in [7, 11) is 0. The molecule has 1 aliphatic heterocycles. The van der Waals surface area contributed by atoms with E-state index in [1.54, 1.807) is 9.58 Å². The first-order valence-electron chi connectivity index (χ1n) is 10.1. The first kappa shape index (κ1) is 21.6. The van der Waals surface area contributed by atoms with Gasteiger partial charge in [-0.05, 0) is 60.7 Å². The molecule has 0 bridgehead atoms. The first-order valence-corrected chi connectivity index (χ1v) is 10.9. The highest BCUT2D eigenvalue weighted by molar-refractivity contribution is 6.31. The molecule has 2 heterocycles. The van der Waals surface area contributed by atoms with Crippen LogP contribution in [0.5, 0.6) is 0 Å². The van der Waals surface area contributed by atoms with Crippen molar-refractivity contribution >= 4 is 41.1 Å². The third-order valence-electron chi connectivity index (χ3n) is 5.73. The summed E-state index contributed by atoms with van der Waals surface area (Å²) in [6, 6.07) is 10.8. The minimum atomic E-state index is -0.394. The molecule has 0 fully saturated rings. The predicted octanol–water partition coefficient (Wildman–Crippen LogP) is 5.88. The molecule has 0 saturated carbocycles. The zero-order valence-corrected chi connectivity index (χ0v) is 19.3. The molecule has 0 saturated heterocycles. The quantitative estimate of drug-likeness (QED) is 0.451. The van der Waals surface area contributed by atoms with Crippen LogP contribution in [0.2, 0.25) is 10.0 Å². The lowest BCUT2D eigenvalue weighted by atomic mass is 9.91. The normalized spacial score (nSPS) is 15.6. The number of rotatable bonds is 5. The fourth-order valence-electron chi connectivity index (χ4n) is 4.43. The lowest BCUT2D eigenvalue weighted by Crippen LogP contribution is -2.31. The van der Waals surface area contributed by atoms with Gasteiger partial charge in [0.15, 0.2) is 5.69 Å². The molecule has 160 valence electrons. The van der Waals surface area contributed by atoms with Gasteiger partial charge in [0.2, 0.25) is 0 Å². The molecule has 0 spiro atoms. The molecule has 1 aliphatic rings. The van der Waals surface area contributed by atoms with E-state index in [1.807, 2.05) is 64.1 Å². The van der Waals surface area contributed by atoms with Crippen molar-refractivity contribution in [1.82, 2.24) is 9.78 Å². The Bertz CT molecular complexity index is 1200. The summed E-state index contributed by atoms with van der Waals surface area (Å²) in [6.07, 6.45) is 0.806. The van der Waals surface area contributed by atoms with Crippen LogP contribution in [0, 0.1) is 13.8 Å². The van der Waals surface area contributed by atoms with Crippen molar-refractivity contribution < 1.29 is 9.59 Å². The van der Waals surface area contributed by atoms with Gasteiger partial charge in [-0.3, -0.25) is 14.4 Å². The number of hydrogen-bond acceptors (Lipinski definition) is 3. The summed E-state index contributed by atoms with van der Waals surface area (Å²) in [4.78, 5) is 26.8. The molecule has 2 aromatic carbocycles. The Balaban J connectivity index is 2.03. The molecule has 31 heavy (non-hydrogen) atoms. The average molecular weight is 456 g/mol. The SMILES string of the molecule is Cc1cc(Cl)ccc1C1c2c(nn(CC=O)c2C(C)C)C(=O)N1c1cc(Cl)ccc1C. The van der Waals surface area contributed by atoms with Crippen LogP contribution in [0.1, 0.15) is 64.2 Å². The van der Waals surface area contributed by atoms with E-state index in [2.05, 4.69) is 5.10 Å². The molecule has 5 nitrogen and oxygen atoms in total. The van der Waals surface area contributed by atoms with Crippen molar-refractivity contribution in [2.24, 2.45) is 0 Å². The number of nitrogens with zero attached hydrogens (tertiary/aromatic N) is 3. The van der Waals surface area contributed by atoms with E-state index >= 15 is 0 Å². The van der Waals surface area contributed by atoms with Crippen molar-refractivity contribution in [3.05, 3.63) is 80.1 Å². The van der Waals surface area contributed by atoms with Gasteiger partial charge in [0.1, 0.15) is 6.29 Å². The van der Waals surface area contributed by atoms with Crippen molar-refractivity contribution in [3.8, 4) is 0 Å². The van der Waals surface area contributed by atoms with Crippen molar-refractivity contribution in [2.75, 3.05) is 4.90 Å². The van der Waals surface area contributed by atoms with Crippen LogP contribution in [-0.2, 0) is 11.3 Å². The smallest absolute Gasteiger partial charge is 0.280 e. The number of benzene rings is 2. The van der Waals surface area contributed by atoms with Gasteiger partial charge in [0.25, 0.3) is 5.91 Å². The molecule has 0 N–H and O–H groups in total. The summed E-state index contributed by atoms with van der Waals surface area (Å²) in [5.41, 5.74) is 5.72. The molecule has 7 heteroatoms. The van der Waals surface area contributed by atoms with Crippen LogP contribution in [0.3, 0.4) is 0 Å². The molecule has 1 unspecified atom stereocenters. The molecular formula is C24H23Cl2N3O2. The van der Waals surface area contributed by atoms with Gasteiger partial charge >= 0.3 is 0 Å². The second-order valence-corrected chi connectivity index (χ2v) is 9.03. The molecule has 1 atom stereocenters. The van der Waals surface area contributed by atoms with Gasteiger partial charge in [-0.25, -0.2) is 0 Å². The van der Waals surface area contributed by atoms with Crippen LogP contribution in [0.4, 0.5) is 5.69 Å². The lowest BCUT2D eigenvalue weighted by molar-refractivity contribution is -0.108.